The molecule has 1 aromatic heterocycles. The summed E-state index contributed by atoms with van der Waals surface area (Å²) in [7, 11) is -5.60. The number of hydrogen-bond acceptors (Lipinski definition) is 5. The van der Waals surface area contributed by atoms with E-state index in [1.54, 1.807) is 6.20 Å². The molecule has 4 atom stereocenters. The van der Waals surface area contributed by atoms with E-state index in [2.05, 4.69) is 72.7 Å². The molecular weight excluding hydrogens is 473 g/mol. The lowest BCUT2D eigenvalue weighted by Gasteiger charge is -2.40. The number of nitrogens with one attached hydrogen (secondary N) is 1. The van der Waals surface area contributed by atoms with Gasteiger partial charge in [0.15, 0.2) is 16.6 Å². The molecular formula is C23H44N2O5SSi2. The maximum Gasteiger partial charge on any atom is 0.329 e. The number of H-pyrrole nitrogens is 1. The number of aryl methyl sites for hydroxylation is 1. The normalized spacial score (nSPS) is 24.9. The van der Waals surface area contributed by atoms with Crippen LogP contribution in [0.5, 0.6) is 0 Å². The van der Waals surface area contributed by atoms with Gasteiger partial charge in [-0.3, -0.25) is 18.6 Å². The molecule has 0 bridgehead atoms. The van der Waals surface area contributed by atoms with Crippen molar-refractivity contribution in [3.8, 4) is 0 Å². The summed E-state index contributed by atoms with van der Waals surface area (Å²) in [5.74, 6) is 0. The Labute approximate surface area is 203 Å². The number of aromatic nitrogens is 2. The Balaban J connectivity index is 2.45. The van der Waals surface area contributed by atoms with E-state index in [0.29, 0.717) is 25.0 Å². The number of hydrogen-bond donors (Lipinski definition) is 1. The minimum Gasteiger partial charge on any atom is -0.416 e. The summed E-state index contributed by atoms with van der Waals surface area (Å²) in [6, 6.07) is 0. The summed E-state index contributed by atoms with van der Waals surface area (Å²) in [5, 5.41) is -0.847. The van der Waals surface area contributed by atoms with Crippen LogP contribution in [0.25, 0.3) is 0 Å². The van der Waals surface area contributed by atoms with Crippen molar-refractivity contribution >= 4 is 27.4 Å². The Hall–Kier alpha value is -0.816. The van der Waals surface area contributed by atoms with Gasteiger partial charge in [-0.1, -0.05) is 48.5 Å². The molecule has 1 N–H and O–H groups in total. The fourth-order valence-electron chi connectivity index (χ4n) is 3.38. The molecule has 190 valence electrons. The molecule has 7 nitrogen and oxygen atoms in total. The van der Waals surface area contributed by atoms with Gasteiger partial charge in [-0.05, 0) is 42.7 Å². The first-order valence-corrected chi connectivity index (χ1v) is 19.0. The number of aromatic amines is 1. The molecule has 1 saturated heterocycles. The van der Waals surface area contributed by atoms with Gasteiger partial charge in [0.25, 0.3) is 5.56 Å². The van der Waals surface area contributed by atoms with Gasteiger partial charge >= 0.3 is 5.69 Å². The third-order valence-electron chi connectivity index (χ3n) is 7.81. The van der Waals surface area contributed by atoms with Gasteiger partial charge in [0, 0.05) is 18.2 Å². The molecule has 10 heteroatoms. The van der Waals surface area contributed by atoms with E-state index >= 15 is 0 Å². The van der Waals surface area contributed by atoms with E-state index in [1.807, 2.05) is 6.92 Å². The fourth-order valence-corrected chi connectivity index (χ4v) is 7.83. The average Bonchev–Trinajstić information content (AvgIpc) is 2.93. The molecule has 1 fully saturated rings. The molecule has 0 aromatic carbocycles. The van der Waals surface area contributed by atoms with E-state index < -0.39 is 38.5 Å². The van der Waals surface area contributed by atoms with E-state index in [9.17, 15) is 13.8 Å². The first kappa shape index (κ1) is 28.4. The first-order chi connectivity index (χ1) is 14.8. The van der Waals surface area contributed by atoms with Crippen molar-refractivity contribution in [1.82, 2.24) is 9.55 Å². The number of rotatable bonds is 7. The van der Waals surface area contributed by atoms with Crippen LogP contribution in [-0.4, -0.2) is 48.4 Å². The predicted octanol–water partition coefficient (Wildman–Crippen LogP) is 4.53. The monoisotopic (exact) mass is 516 g/mol. The van der Waals surface area contributed by atoms with Crippen LogP contribution in [-0.2, 0) is 26.1 Å². The fraction of sp³-hybridized carbons (Fsp3) is 0.826. The van der Waals surface area contributed by atoms with E-state index in [1.165, 1.54) is 4.57 Å². The largest absolute Gasteiger partial charge is 0.416 e. The van der Waals surface area contributed by atoms with Crippen molar-refractivity contribution in [2.75, 3.05) is 6.61 Å². The summed E-state index contributed by atoms with van der Waals surface area (Å²) in [4.78, 5) is 27.1. The van der Waals surface area contributed by atoms with Gasteiger partial charge in [-0.15, -0.1) is 0 Å². The van der Waals surface area contributed by atoms with Crippen LogP contribution in [0.1, 0.15) is 65.8 Å². The third-order valence-corrected chi connectivity index (χ3v) is 18.8. The zero-order chi connectivity index (χ0) is 25.6. The van der Waals surface area contributed by atoms with Gasteiger partial charge in [-0.25, -0.2) is 4.79 Å². The van der Waals surface area contributed by atoms with Crippen LogP contribution in [0, 0.1) is 0 Å². The second-order valence-electron chi connectivity index (χ2n) is 12.2. The lowest BCUT2D eigenvalue weighted by atomic mass is 10.2. The standard InChI is InChI=1S/C23H44N2O5SSi2/c1-12-16-14-25(21(27)24-20(16)26)19-13-17(30-33(10,11)23(5,6)7)18(31(19)28)15-29-32(8,9)22(2,3)4/h14,17-19H,12-13,15H2,1-11H3,(H,24,26,27)/t17-,18+,19+,31?/m0/s1. The first-order valence-electron chi connectivity index (χ1n) is 11.9. The minimum absolute atomic E-state index is 0.00160. The lowest BCUT2D eigenvalue weighted by Crippen LogP contribution is -2.48. The summed E-state index contributed by atoms with van der Waals surface area (Å²) in [6.45, 7) is 24.1. The van der Waals surface area contributed by atoms with Crippen LogP contribution in [0.15, 0.2) is 15.8 Å². The van der Waals surface area contributed by atoms with Crippen molar-refractivity contribution in [3.63, 3.8) is 0 Å². The van der Waals surface area contributed by atoms with Crippen molar-refractivity contribution in [3.05, 3.63) is 32.6 Å². The Kier molecular flexibility index (Phi) is 8.33. The van der Waals surface area contributed by atoms with Crippen molar-refractivity contribution in [2.24, 2.45) is 0 Å². The molecule has 0 saturated carbocycles. The summed E-state index contributed by atoms with van der Waals surface area (Å²) in [6.07, 6.45) is 2.26. The van der Waals surface area contributed by atoms with Crippen molar-refractivity contribution in [2.45, 2.75) is 114 Å². The topological polar surface area (TPSA) is 90.4 Å². The zero-order valence-electron chi connectivity index (χ0n) is 22.3. The molecule has 1 unspecified atom stereocenters. The van der Waals surface area contributed by atoms with Crippen LogP contribution in [0.3, 0.4) is 0 Å². The highest BCUT2D eigenvalue weighted by molar-refractivity contribution is 7.86. The molecule has 2 heterocycles. The molecule has 1 aromatic rings. The maximum atomic E-state index is 13.8. The van der Waals surface area contributed by atoms with Crippen molar-refractivity contribution < 1.29 is 13.1 Å². The van der Waals surface area contributed by atoms with Gasteiger partial charge in [0.2, 0.25) is 0 Å². The molecule has 0 aliphatic carbocycles. The third kappa shape index (κ3) is 6.06. The quantitative estimate of drug-likeness (QED) is 0.538. The second kappa shape index (κ2) is 9.68. The van der Waals surface area contributed by atoms with Gasteiger partial charge in [-0.2, -0.15) is 0 Å². The summed E-state index contributed by atoms with van der Waals surface area (Å²) in [5.41, 5.74) is -0.392. The highest BCUT2D eigenvalue weighted by Gasteiger charge is 2.49. The maximum absolute atomic E-state index is 13.8. The Morgan fingerprint density at radius 3 is 2.09 bits per heavy atom. The van der Waals surface area contributed by atoms with Crippen LogP contribution in [0.4, 0.5) is 0 Å². The SMILES string of the molecule is CCc1cn([C@H]2C[C@H](O[Si](C)(C)C(C)(C)C)[C@@H](CO[Si](C)(C)C(C)(C)C)S2=O)c(=O)[nH]c1=O. The molecule has 0 radical (unpaired) electrons. The number of nitrogens with zero attached hydrogens (tertiary/aromatic N) is 1. The molecule has 1 aliphatic rings. The Bertz CT molecular complexity index is 988. The second-order valence-corrected chi connectivity index (χ2v) is 23.6. The Morgan fingerprint density at radius 1 is 1.06 bits per heavy atom. The summed E-state index contributed by atoms with van der Waals surface area (Å²) >= 11 is 0. The van der Waals surface area contributed by atoms with Gasteiger partial charge in [0.1, 0.15) is 5.37 Å². The summed E-state index contributed by atoms with van der Waals surface area (Å²) < 4.78 is 28.5. The zero-order valence-corrected chi connectivity index (χ0v) is 25.1. The molecule has 33 heavy (non-hydrogen) atoms. The molecule has 0 amide bonds. The van der Waals surface area contributed by atoms with Gasteiger partial charge in [0.05, 0.1) is 28.8 Å². The smallest absolute Gasteiger partial charge is 0.329 e. The molecule has 2 rings (SSSR count). The molecule has 0 spiro atoms. The van der Waals surface area contributed by atoms with E-state index in [4.69, 9.17) is 8.85 Å². The van der Waals surface area contributed by atoms with E-state index in [0.717, 1.165) is 0 Å². The Morgan fingerprint density at radius 2 is 1.61 bits per heavy atom. The predicted molar refractivity (Wildman–Crippen MR) is 142 cm³/mol. The van der Waals surface area contributed by atoms with Crippen LogP contribution >= 0.6 is 0 Å². The van der Waals surface area contributed by atoms with E-state index in [-0.39, 0.29) is 27.0 Å². The average molecular weight is 517 g/mol. The highest BCUT2D eigenvalue weighted by atomic mass is 32.2. The van der Waals surface area contributed by atoms with Crippen LogP contribution < -0.4 is 11.2 Å². The van der Waals surface area contributed by atoms with Crippen molar-refractivity contribution in [1.29, 1.82) is 0 Å². The minimum atomic E-state index is -2.15. The lowest BCUT2D eigenvalue weighted by molar-refractivity contribution is 0.145. The van der Waals surface area contributed by atoms with Crippen LogP contribution in [0.2, 0.25) is 36.3 Å². The van der Waals surface area contributed by atoms with Gasteiger partial charge < -0.3 is 8.85 Å². The highest BCUT2D eigenvalue weighted by Crippen LogP contribution is 2.43. The molecule has 1 aliphatic heterocycles.